The van der Waals surface area contributed by atoms with Crippen LogP contribution in [0, 0.1) is 0 Å². The molecule has 0 saturated heterocycles. The van der Waals surface area contributed by atoms with Crippen LogP contribution in [-0.2, 0) is 14.3 Å². The van der Waals surface area contributed by atoms with E-state index in [1.54, 1.807) is 6.07 Å². The molecule has 1 aromatic rings. The molecule has 1 aromatic heterocycles. The SMILES string of the molecule is O=C1C=C(c2cccs2)C(=O)O1. The number of carbonyl (C=O) groups excluding carboxylic acids is 2. The van der Waals surface area contributed by atoms with E-state index in [0.717, 1.165) is 4.88 Å². The molecule has 3 nitrogen and oxygen atoms in total. The Morgan fingerprint density at radius 3 is 2.67 bits per heavy atom. The van der Waals surface area contributed by atoms with Crippen molar-refractivity contribution < 1.29 is 14.3 Å². The Kier molecular flexibility index (Phi) is 1.55. The van der Waals surface area contributed by atoms with E-state index >= 15 is 0 Å². The van der Waals surface area contributed by atoms with Gasteiger partial charge < -0.3 is 4.74 Å². The second-order valence-corrected chi connectivity index (χ2v) is 3.19. The Bertz CT molecular complexity index is 362. The number of cyclic esters (lactones) is 2. The van der Waals surface area contributed by atoms with Gasteiger partial charge in [0.05, 0.1) is 5.57 Å². The molecule has 4 heteroatoms. The first-order valence-electron chi connectivity index (χ1n) is 3.29. The molecule has 1 aliphatic rings. The molecule has 0 saturated carbocycles. The zero-order valence-electron chi connectivity index (χ0n) is 5.94. The molecule has 1 aliphatic heterocycles. The van der Waals surface area contributed by atoms with Gasteiger partial charge in [0.2, 0.25) is 0 Å². The Hall–Kier alpha value is -1.42. The first kappa shape index (κ1) is 7.24. The molecule has 0 bridgehead atoms. The second kappa shape index (κ2) is 2.57. The van der Waals surface area contributed by atoms with Crippen LogP contribution in [0.5, 0.6) is 0 Å². The van der Waals surface area contributed by atoms with E-state index < -0.39 is 11.9 Å². The molecule has 12 heavy (non-hydrogen) atoms. The van der Waals surface area contributed by atoms with Crippen LogP contribution in [0.15, 0.2) is 23.6 Å². The summed E-state index contributed by atoms with van der Waals surface area (Å²) < 4.78 is 4.33. The van der Waals surface area contributed by atoms with Crippen molar-refractivity contribution in [2.75, 3.05) is 0 Å². The predicted octanol–water partition coefficient (Wildman–Crippen LogP) is 1.21. The highest BCUT2D eigenvalue weighted by Gasteiger charge is 2.25. The smallest absolute Gasteiger partial charge is 0.347 e. The van der Waals surface area contributed by atoms with Crippen LogP contribution in [0.25, 0.3) is 5.57 Å². The van der Waals surface area contributed by atoms with E-state index in [9.17, 15) is 9.59 Å². The highest BCUT2D eigenvalue weighted by molar-refractivity contribution is 7.11. The lowest BCUT2D eigenvalue weighted by atomic mass is 10.2. The quantitative estimate of drug-likeness (QED) is 0.482. The molecule has 0 unspecified atom stereocenters. The third kappa shape index (κ3) is 1.06. The van der Waals surface area contributed by atoms with Gasteiger partial charge in [0.1, 0.15) is 0 Å². The summed E-state index contributed by atoms with van der Waals surface area (Å²) in [5, 5.41) is 1.84. The van der Waals surface area contributed by atoms with E-state index in [1.807, 2.05) is 11.4 Å². The van der Waals surface area contributed by atoms with Gasteiger partial charge in [-0.3, -0.25) is 0 Å². The van der Waals surface area contributed by atoms with Crippen LogP contribution < -0.4 is 0 Å². The van der Waals surface area contributed by atoms with Crippen molar-refractivity contribution in [2.24, 2.45) is 0 Å². The van der Waals surface area contributed by atoms with E-state index in [2.05, 4.69) is 4.74 Å². The molecule has 0 amide bonds. The molecule has 2 heterocycles. The predicted molar refractivity (Wildman–Crippen MR) is 43.4 cm³/mol. The minimum atomic E-state index is -0.580. The summed E-state index contributed by atoms with van der Waals surface area (Å²) in [6.45, 7) is 0. The average molecular weight is 180 g/mol. The number of esters is 2. The van der Waals surface area contributed by atoms with Crippen LogP contribution in [0.3, 0.4) is 0 Å². The normalized spacial score (nSPS) is 16.2. The maximum Gasteiger partial charge on any atom is 0.347 e. The van der Waals surface area contributed by atoms with Gasteiger partial charge in [-0.15, -0.1) is 11.3 Å². The maximum absolute atomic E-state index is 11.0. The zero-order valence-corrected chi connectivity index (χ0v) is 6.76. The molecule has 0 atom stereocenters. The summed E-state index contributed by atoms with van der Waals surface area (Å²) in [7, 11) is 0. The van der Waals surface area contributed by atoms with Crippen molar-refractivity contribution in [3.05, 3.63) is 28.5 Å². The largest absolute Gasteiger partial charge is 0.386 e. The third-order valence-electron chi connectivity index (χ3n) is 1.46. The van der Waals surface area contributed by atoms with Gasteiger partial charge in [-0.2, -0.15) is 0 Å². The molecule has 60 valence electrons. The topological polar surface area (TPSA) is 43.4 Å². The van der Waals surface area contributed by atoms with Crippen molar-refractivity contribution in [1.29, 1.82) is 0 Å². The monoisotopic (exact) mass is 180 g/mol. The highest BCUT2D eigenvalue weighted by Crippen LogP contribution is 2.24. The molecular weight excluding hydrogens is 176 g/mol. The highest BCUT2D eigenvalue weighted by atomic mass is 32.1. The Morgan fingerprint density at radius 1 is 1.33 bits per heavy atom. The molecular formula is C8H4O3S. The molecule has 0 spiro atoms. The van der Waals surface area contributed by atoms with Gasteiger partial charge in [0, 0.05) is 11.0 Å². The summed E-state index contributed by atoms with van der Waals surface area (Å²) in [4.78, 5) is 22.4. The number of ether oxygens (including phenoxy) is 1. The molecule has 0 aromatic carbocycles. The van der Waals surface area contributed by atoms with E-state index in [4.69, 9.17) is 0 Å². The molecule has 0 aliphatic carbocycles. The lowest BCUT2D eigenvalue weighted by Gasteiger charge is -1.90. The molecule has 2 rings (SSSR count). The van der Waals surface area contributed by atoms with Crippen LogP contribution in [0.1, 0.15) is 4.88 Å². The first-order valence-corrected chi connectivity index (χ1v) is 4.17. The van der Waals surface area contributed by atoms with Crippen LogP contribution in [0.2, 0.25) is 0 Å². The minimum Gasteiger partial charge on any atom is -0.386 e. The van der Waals surface area contributed by atoms with E-state index in [0.29, 0.717) is 5.57 Å². The summed E-state index contributed by atoms with van der Waals surface area (Å²) in [5.41, 5.74) is 0.356. The number of hydrogen-bond acceptors (Lipinski definition) is 4. The number of rotatable bonds is 1. The summed E-state index contributed by atoms with van der Waals surface area (Å²) in [6.07, 6.45) is 1.22. The van der Waals surface area contributed by atoms with Crippen LogP contribution in [0.4, 0.5) is 0 Å². The molecule has 0 radical (unpaired) electrons. The van der Waals surface area contributed by atoms with Gasteiger partial charge in [-0.05, 0) is 11.4 Å². The summed E-state index contributed by atoms with van der Waals surface area (Å²) in [6, 6.07) is 3.59. The maximum atomic E-state index is 11.0. The Morgan fingerprint density at radius 2 is 2.17 bits per heavy atom. The number of hydrogen-bond donors (Lipinski definition) is 0. The second-order valence-electron chi connectivity index (χ2n) is 2.24. The fraction of sp³-hybridized carbons (Fsp3) is 0. The van der Waals surface area contributed by atoms with Crippen molar-refractivity contribution in [2.45, 2.75) is 0 Å². The van der Waals surface area contributed by atoms with Crippen LogP contribution >= 0.6 is 11.3 Å². The van der Waals surface area contributed by atoms with Crippen molar-refractivity contribution >= 4 is 28.8 Å². The number of thiophene rings is 1. The standard InChI is InChI=1S/C8H4O3S/c9-7-4-5(8(10)11-7)6-2-1-3-12-6/h1-4H. The lowest BCUT2D eigenvalue weighted by molar-refractivity contribution is -0.149. The van der Waals surface area contributed by atoms with Crippen molar-refractivity contribution in [3.8, 4) is 0 Å². The third-order valence-corrected chi connectivity index (χ3v) is 2.37. The first-order chi connectivity index (χ1) is 5.77. The van der Waals surface area contributed by atoms with Gasteiger partial charge in [0.15, 0.2) is 0 Å². The fourth-order valence-electron chi connectivity index (χ4n) is 0.956. The van der Waals surface area contributed by atoms with Crippen LogP contribution in [-0.4, -0.2) is 11.9 Å². The minimum absolute atomic E-state index is 0.356. The van der Waals surface area contributed by atoms with Gasteiger partial charge in [-0.1, -0.05) is 6.07 Å². The fourth-order valence-corrected chi connectivity index (χ4v) is 1.69. The zero-order chi connectivity index (χ0) is 8.55. The van der Waals surface area contributed by atoms with Gasteiger partial charge >= 0.3 is 11.9 Å². The lowest BCUT2D eigenvalue weighted by Crippen LogP contribution is -2.00. The molecule has 0 fully saturated rings. The summed E-state index contributed by atoms with van der Waals surface area (Å²) in [5.74, 6) is -1.13. The Balaban J connectivity index is 2.43. The Labute approximate surface area is 72.3 Å². The van der Waals surface area contributed by atoms with E-state index in [-0.39, 0.29) is 0 Å². The van der Waals surface area contributed by atoms with Crippen molar-refractivity contribution in [3.63, 3.8) is 0 Å². The molecule has 0 N–H and O–H groups in total. The van der Waals surface area contributed by atoms with Crippen molar-refractivity contribution in [1.82, 2.24) is 0 Å². The van der Waals surface area contributed by atoms with Gasteiger partial charge in [0.25, 0.3) is 0 Å². The average Bonchev–Trinajstić information content (AvgIpc) is 2.58. The number of carbonyl (C=O) groups is 2. The van der Waals surface area contributed by atoms with E-state index in [1.165, 1.54) is 17.4 Å². The van der Waals surface area contributed by atoms with Gasteiger partial charge in [-0.25, -0.2) is 9.59 Å². The summed E-state index contributed by atoms with van der Waals surface area (Å²) >= 11 is 1.40.